The Balaban J connectivity index is 2.16. The normalized spacial score (nSPS) is 16.9. The fourth-order valence-electron chi connectivity index (χ4n) is 3.84. The molecule has 142 valence electrons. The number of halogens is 1. The summed E-state index contributed by atoms with van der Waals surface area (Å²) in [6.07, 6.45) is 3.19. The fourth-order valence-corrected chi connectivity index (χ4v) is 4.03. The van der Waals surface area contributed by atoms with Gasteiger partial charge >= 0.3 is 5.97 Å². The number of nitrogen functional groups attached to an aromatic ring is 1. The highest BCUT2D eigenvalue weighted by molar-refractivity contribution is 6.31. The molecule has 0 aliphatic carbocycles. The summed E-state index contributed by atoms with van der Waals surface area (Å²) in [6.45, 7) is 3.96. The molecule has 7 heteroatoms. The standard InChI is InChI=1S/C20H23ClN4O2/c1-2-13-6-5-9-24(11-13)19-15(10-22)17(23)18(20(26)27)25(19)12-14-7-3-4-8-16(14)21/h3-4,7-8,13H,2,5-6,9,11-12,23H2,1H3,(H,26,27)/t13-/m1/s1. The molecule has 0 amide bonds. The number of carboxylic acid groups (broad SMARTS) is 1. The summed E-state index contributed by atoms with van der Waals surface area (Å²) in [4.78, 5) is 14.0. The molecule has 1 aliphatic heterocycles. The number of hydrogen-bond acceptors (Lipinski definition) is 4. The molecule has 27 heavy (non-hydrogen) atoms. The van der Waals surface area contributed by atoms with Gasteiger partial charge in [0.15, 0.2) is 5.69 Å². The van der Waals surface area contributed by atoms with Crippen LogP contribution in [0, 0.1) is 17.2 Å². The highest BCUT2D eigenvalue weighted by atomic mass is 35.5. The topological polar surface area (TPSA) is 95.3 Å². The van der Waals surface area contributed by atoms with Crippen molar-refractivity contribution in [3.05, 3.63) is 46.1 Å². The molecule has 3 N–H and O–H groups in total. The van der Waals surface area contributed by atoms with E-state index in [1.54, 1.807) is 10.6 Å². The van der Waals surface area contributed by atoms with Gasteiger partial charge in [-0.3, -0.25) is 0 Å². The van der Waals surface area contributed by atoms with Crippen LogP contribution in [-0.2, 0) is 6.54 Å². The van der Waals surface area contributed by atoms with E-state index in [0.717, 1.165) is 37.9 Å². The molecule has 1 aromatic heterocycles. The van der Waals surface area contributed by atoms with Gasteiger partial charge < -0.3 is 20.3 Å². The summed E-state index contributed by atoms with van der Waals surface area (Å²) >= 11 is 6.30. The largest absolute Gasteiger partial charge is 0.477 e. The number of piperidine rings is 1. The maximum atomic E-state index is 11.9. The van der Waals surface area contributed by atoms with Crippen LogP contribution in [0.2, 0.25) is 5.02 Å². The minimum absolute atomic E-state index is 0.0191. The first-order chi connectivity index (χ1) is 13.0. The van der Waals surface area contributed by atoms with Crippen molar-refractivity contribution in [2.75, 3.05) is 23.7 Å². The molecular formula is C20H23ClN4O2. The number of aromatic nitrogens is 1. The van der Waals surface area contributed by atoms with Crippen molar-refractivity contribution in [2.24, 2.45) is 5.92 Å². The van der Waals surface area contributed by atoms with Crippen LogP contribution in [0.15, 0.2) is 24.3 Å². The monoisotopic (exact) mass is 386 g/mol. The van der Waals surface area contributed by atoms with Crippen LogP contribution < -0.4 is 10.6 Å². The Kier molecular flexibility index (Phi) is 5.62. The van der Waals surface area contributed by atoms with E-state index in [1.807, 2.05) is 18.2 Å². The second kappa shape index (κ2) is 7.93. The summed E-state index contributed by atoms with van der Waals surface area (Å²) < 4.78 is 1.63. The van der Waals surface area contributed by atoms with Crippen molar-refractivity contribution in [3.63, 3.8) is 0 Å². The first-order valence-electron chi connectivity index (χ1n) is 9.11. The van der Waals surface area contributed by atoms with E-state index in [-0.39, 0.29) is 23.5 Å². The molecule has 0 spiro atoms. The summed E-state index contributed by atoms with van der Waals surface area (Å²) in [7, 11) is 0. The molecule has 1 fully saturated rings. The second-order valence-corrected chi connectivity index (χ2v) is 7.33. The molecule has 0 unspecified atom stereocenters. The first kappa shape index (κ1) is 19.1. The summed E-state index contributed by atoms with van der Waals surface area (Å²) in [5, 5.41) is 20.0. The van der Waals surface area contributed by atoms with Crippen molar-refractivity contribution in [3.8, 4) is 6.07 Å². The molecule has 0 saturated carbocycles. The Morgan fingerprint density at radius 3 is 2.81 bits per heavy atom. The number of nitrogens with zero attached hydrogens (tertiary/aromatic N) is 3. The van der Waals surface area contributed by atoms with Crippen LogP contribution in [0.4, 0.5) is 11.5 Å². The number of nitriles is 1. The lowest BCUT2D eigenvalue weighted by Crippen LogP contribution is -2.37. The van der Waals surface area contributed by atoms with Gasteiger partial charge in [-0.05, 0) is 30.4 Å². The number of carboxylic acids is 1. The van der Waals surface area contributed by atoms with Gasteiger partial charge in [-0.1, -0.05) is 43.1 Å². The van der Waals surface area contributed by atoms with Gasteiger partial charge in [-0.15, -0.1) is 0 Å². The molecule has 2 aromatic rings. The smallest absolute Gasteiger partial charge is 0.354 e. The first-order valence-corrected chi connectivity index (χ1v) is 9.49. The van der Waals surface area contributed by atoms with Crippen LogP contribution in [0.25, 0.3) is 0 Å². The third kappa shape index (κ3) is 3.60. The summed E-state index contributed by atoms with van der Waals surface area (Å²) in [5.41, 5.74) is 7.08. The number of anilines is 2. The SMILES string of the molecule is CC[C@@H]1CCCN(c2c(C#N)c(N)c(C(=O)O)n2Cc2ccccc2Cl)C1. The molecule has 1 atom stereocenters. The summed E-state index contributed by atoms with van der Waals surface area (Å²) in [6, 6.07) is 9.43. The number of hydrogen-bond donors (Lipinski definition) is 2. The zero-order valence-corrected chi connectivity index (χ0v) is 16.0. The fraction of sp³-hybridized carbons (Fsp3) is 0.400. The lowest BCUT2D eigenvalue weighted by atomic mass is 9.95. The number of rotatable bonds is 5. The van der Waals surface area contributed by atoms with Gasteiger partial charge in [0.2, 0.25) is 0 Å². The Labute approximate surface area is 163 Å². The van der Waals surface area contributed by atoms with Crippen molar-refractivity contribution in [1.29, 1.82) is 5.26 Å². The molecule has 0 bridgehead atoms. The van der Waals surface area contributed by atoms with Gasteiger partial charge in [-0.2, -0.15) is 5.26 Å². The average Bonchev–Trinajstić information content (AvgIpc) is 2.95. The van der Waals surface area contributed by atoms with Crippen LogP contribution in [0.1, 0.15) is 47.8 Å². The van der Waals surface area contributed by atoms with E-state index < -0.39 is 5.97 Å². The minimum atomic E-state index is -1.15. The highest BCUT2D eigenvalue weighted by Crippen LogP contribution is 2.36. The van der Waals surface area contributed by atoms with Crippen molar-refractivity contribution in [1.82, 2.24) is 4.57 Å². The van der Waals surface area contributed by atoms with E-state index in [9.17, 15) is 15.2 Å². The van der Waals surface area contributed by atoms with Crippen LogP contribution >= 0.6 is 11.6 Å². The minimum Gasteiger partial charge on any atom is -0.477 e. The van der Waals surface area contributed by atoms with E-state index in [1.165, 1.54) is 0 Å². The molecule has 2 heterocycles. The van der Waals surface area contributed by atoms with E-state index in [2.05, 4.69) is 17.9 Å². The zero-order chi connectivity index (χ0) is 19.6. The lowest BCUT2D eigenvalue weighted by molar-refractivity contribution is 0.0687. The third-order valence-corrected chi connectivity index (χ3v) is 5.64. The van der Waals surface area contributed by atoms with Crippen LogP contribution in [-0.4, -0.2) is 28.7 Å². The van der Waals surface area contributed by atoms with Crippen molar-refractivity contribution < 1.29 is 9.90 Å². The van der Waals surface area contributed by atoms with Gasteiger partial charge in [0.25, 0.3) is 0 Å². The van der Waals surface area contributed by atoms with Gasteiger partial charge in [0.1, 0.15) is 17.5 Å². The molecule has 6 nitrogen and oxygen atoms in total. The lowest BCUT2D eigenvalue weighted by Gasteiger charge is -2.35. The van der Waals surface area contributed by atoms with Crippen molar-refractivity contribution in [2.45, 2.75) is 32.7 Å². The predicted molar refractivity (Wildman–Crippen MR) is 106 cm³/mol. The van der Waals surface area contributed by atoms with Gasteiger partial charge in [0.05, 0.1) is 12.2 Å². The van der Waals surface area contributed by atoms with E-state index >= 15 is 0 Å². The Morgan fingerprint density at radius 1 is 1.44 bits per heavy atom. The predicted octanol–water partition coefficient (Wildman–Crippen LogP) is 3.97. The Hall–Kier alpha value is -2.65. The molecule has 1 saturated heterocycles. The third-order valence-electron chi connectivity index (χ3n) is 5.27. The molecule has 3 rings (SSSR count). The number of benzene rings is 1. The maximum absolute atomic E-state index is 11.9. The number of nitrogens with two attached hydrogens (primary N) is 1. The van der Waals surface area contributed by atoms with Crippen LogP contribution in [0.3, 0.4) is 0 Å². The molecule has 0 radical (unpaired) electrons. The van der Waals surface area contributed by atoms with E-state index in [0.29, 0.717) is 16.8 Å². The Bertz CT molecular complexity index is 900. The molecular weight excluding hydrogens is 364 g/mol. The highest BCUT2D eigenvalue weighted by Gasteiger charge is 2.31. The Morgan fingerprint density at radius 2 is 2.19 bits per heavy atom. The quantitative estimate of drug-likeness (QED) is 0.810. The van der Waals surface area contributed by atoms with Crippen molar-refractivity contribution >= 4 is 29.1 Å². The maximum Gasteiger partial charge on any atom is 0.354 e. The zero-order valence-electron chi connectivity index (χ0n) is 15.3. The van der Waals surface area contributed by atoms with Crippen LogP contribution in [0.5, 0.6) is 0 Å². The summed E-state index contributed by atoms with van der Waals surface area (Å²) in [5.74, 6) is -0.0414. The molecule has 1 aliphatic rings. The van der Waals surface area contributed by atoms with E-state index in [4.69, 9.17) is 17.3 Å². The molecule has 1 aromatic carbocycles. The average molecular weight is 387 g/mol. The number of aromatic carboxylic acids is 1. The number of carbonyl (C=O) groups is 1. The van der Waals surface area contributed by atoms with Gasteiger partial charge in [0, 0.05) is 18.1 Å². The van der Waals surface area contributed by atoms with Gasteiger partial charge in [-0.25, -0.2) is 4.79 Å². The second-order valence-electron chi connectivity index (χ2n) is 6.92.